The number of ketones is 1. The van der Waals surface area contributed by atoms with Crippen LogP contribution in [0.2, 0.25) is 0 Å². The molecule has 4 bridgehead atoms. The minimum atomic E-state index is -0.0203. The molecule has 0 spiro atoms. The second kappa shape index (κ2) is 8.92. The number of rotatable bonds is 8. The minimum Gasteiger partial charge on any atom is -0.465 e. The lowest BCUT2D eigenvalue weighted by molar-refractivity contribution is -0.684. The second-order valence-electron chi connectivity index (χ2n) is 11.2. The maximum atomic E-state index is 12.8. The molecule has 4 nitrogen and oxygen atoms in total. The zero-order chi connectivity index (χ0) is 23.2. The fourth-order valence-corrected chi connectivity index (χ4v) is 8.72. The number of halogens is 1. The summed E-state index contributed by atoms with van der Waals surface area (Å²) in [6.45, 7) is 5.23. The fraction of sp³-hybridized carbons (Fsp3) is 0.593. The van der Waals surface area contributed by atoms with Crippen molar-refractivity contribution in [1.82, 2.24) is 0 Å². The molecule has 176 valence electrons. The van der Waals surface area contributed by atoms with Gasteiger partial charge in [0.15, 0.2) is 5.69 Å². The van der Waals surface area contributed by atoms with E-state index in [2.05, 4.69) is 22.9 Å². The van der Waals surface area contributed by atoms with Crippen LogP contribution in [0.5, 0.6) is 0 Å². The number of nitrogens with zero attached hydrogens (tertiary/aromatic N) is 1. The zero-order valence-corrected chi connectivity index (χ0v) is 22.0. The molecular formula is C27H33BrNO3S+. The molecule has 4 fully saturated rings. The van der Waals surface area contributed by atoms with Gasteiger partial charge in [-0.3, -0.25) is 9.59 Å². The van der Waals surface area contributed by atoms with E-state index in [0.29, 0.717) is 37.0 Å². The van der Waals surface area contributed by atoms with Crippen LogP contribution in [-0.2, 0) is 22.5 Å². The van der Waals surface area contributed by atoms with E-state index < -0.39 is 0 Å². The SMILES string of the molecule is Cc1c(CCOC(=O)CC23C[C@@H]4C[C@@H](CC(C)(C4)C2)C3)sc[n+]1CC(=O)c1ccc(Br)cc1. The molecule has 0 amide bonds. The third kappa shape index (κ3) is 4.97. The lowest BCUT2D eigenvalue weighted by Crippen LogP contribution is -2.51. The number of carbonyl (C=O) groups is 2. The first-order valence-corrected chi connectivity index (χ1v) is 13.8. The first kappa shape index (κ1) is 23.2. The molecule has 1 aromatic heterocycles. The first-order chi connectivity index (χ1) is 15.7. The predicted octanol–water partition coefficient (Wildman–Crippen LogP) is 6.07. The lowest BCUT2D eigenvalue weighted by atomic mass is 9.44. The van der Waals surface area contributed by atoms with E-state index in [1.807, 2.05) is 41.3 Å². The number of carbonyl (C=O) groups excluding carboxylic acids is 2. The average molecular weight is 532 g/mol. The standard InChI is InChI=1S/C27H33BrNO3S/c1-18-24(33-17-29(18)15-23(30)21-3-5-22(28)6-4-21)7-8-32-25(31)14-27-12-19-9-20(13-27)11-26(2,10-19)16-27/h3-6,17,19-20H,7-16H2,1-2H3/q+1/t19-,20+,26?,27?. The summed E-state index contributed by atoms with van der Waals surface area (Å²) in [6, 6.07) is 7.47. The normalized spacial score (nSPS) is 29.9. The Morgan fingerprint density at radius 1 is 1.15 bits per heavy atom. The average Bonchev–Trinajstić information content (AvgIpc) is 3.05. The molecule has 33 heavy (non-hydrogen) atoms. The summed E-state index contributed by atoms with van der Waals surface area (Å²) in [5, 5.41) is 0. The number of thiazole rings is 1. The second-order valence-corrected chi connectivity index (χ2v) is 13.1. The van der Waals surface area contributed by atoms with Crippen molar-refractivity contribution < 1.29 is 18.9 Å². The smallest absolute Gasteiger partial charge is 0.306 e. The van der Waals surface area contributed by atoms with Crippen molar-refractivity contribution in [2.24, 2.45) is 22.7 Å². The van der Waals surface area contributed by atoms with Crippen LogP contribution >= 0.6 is 27.3 Å². The lowest BCUT2D eigenvalue weighted by Gasteiger charge is -2.61. The van der Waals surface area contributed by atoms with Crippen molar-refractivity contribution in [3.05, 3.63) is 50.4 Å². The van der Waals surface area contributed by atoms with Crippen LogP contribution in [0.4, 0.5) is 0 Å². The van der Waals surface area contributed by atoms with Gasteiger partial charge in [-0.05, 0) is 73.3 Å². The largest absolute Gasteiger partial charge is 0.465 e. The molecule has 6 heteroatoms. The molecule has 2 unspecified atom stereocenters. The molecule has 4 aliphatic carbocycles. The minimum absolute atomic E-state index is 0.0203. The molecule has 0 radical (unpaired) electrons. The highest BCUT2D eigenvalue weighted by Gasteiger charge is 2.56. The highest BCUT2D eigenvalue weighted by Crippen LogP contribution is 2.66. The van der Waals surface area contributed by atoms with Gasteiger partial charge >= 0.3 is 5.97 Å². The van der Waals surface area contributed by atoms with Crippen LogP contribution in [0.15, 0.2) is 34.2 Å². The van der Waals surface area contributed by atoms with Gasteiger partial charge in [0.25, 0.3) is 0 Å². The third-order valence-electron chi connectivity index (χ3n) is 8.22. The molecule has 0 N–H and O–H groups in total. The third-order valence-corrected chi connectivity index (χ3v) is 9.90. The monoisotopic (exact) mass is 530 g/mol. The van der Waals surface area contributed by atoms with E-state index in [1.165, 1.54) is 43.4 Å². The van der Waals surface area contributed by atoms with Crippen molar-refractivity contribution in [2.75, 3.05) is 6.61 Å². The number of hydrogen-bond donors (Lipinski definition) is 0. The quantitative estimate of drug-likeness (QED) is 0.236. The van der Waals surface area contributed by atoms with Gasteiger partial charge in [-0.2, -0.15) is 4.57 Å². The summed E-state index contributed by atoms with van der Waals surface area (Å²) < 4.78 is 8.70. The Bertz CT molecular complexity index is 1050. The number of hydrogen-bond acceptors (Lipinski definition) is 4. The van der Waals surface area contributed by atoms with Crippen molar-refractivity contribution in [1.29, 1.82) is 0 Å². The van der Waals surface area contributed by atoms with Gasteiger partial charge in [0.1, 0.15) is 0 Å². The van der Waals surface area contributed by atoms with Crippen LogP contribution < -0.4 is 4.57 Å². The molecule has 4 saturated carbocycles. The van der Waals surface area contributed by atoms with Crippen LogP contribution in [0.3, 0.4) is 0 Å². The van der Waals surface area contributed by atoms with E-state index in [9.17, 15) is 9.59 Å². The number of esters is 1. The van der Waals surface area contributed by atoms with E-state index in [4.69, 9.17) is 4.74 Å². The Hall–Kier alpha value is -1.53. The molecule has 4 atom stereocenters. The predicted molar refractivity (Wildman–Crippen MR) is 132 cm³/mol. The molecule has 1 heterocycles. The van der Waals surface area contributed by atoms with Gasteiger partial charge in [0.2, 0.25) is 17.8 Å². The van der Waals surface area contributed by atoms with Gasteiger partial charge < -0.3 is 4.74 Å². The number of benzene rings is 1. The van der Waals surface area contributed by atoms with Crippen LogP contribution in [0.1, 0.15) is 72.8 Å². The molecule has 4 aliphatic rings. The highest BCUT2D eigenvalue weighted by molar-refractivity contribution is 9.10. The summed E-state index contributed by atoms with van der Waals surface area (Å²) >= 11 is 5.04. The Morgan fingerprint density at radius 3 is 2.52 bits per heavy atom. The van der Waals surface area contributed by atoms with Gasteiger partial charge in [-0.15, -0.1) is 0 Å². The fourth-order valence-electron chi connectivity index (χ4n) is 7.48. The highest BCUT2D eigenvalue weighted by atomic mass is 79.9. The summed E-state index contributed by atoms with van der Waals surface area (Å²) in [5.41, 5.74) is 4.45. The topological polar surface area (TPSA) is 47.2 Å². The Morgan fingerprint density at radius 2 is 1.85 bits per heavy atom. The van der Waals surface area contributed by atoms with Gasteiger partial charge in [0, 0.05) is 23.4 Å². The molecule has 0 aliphatic heterocycles. The van der Waals surface area contributed by atoms with E-state index >= 15 is 0 Å². The molecule has 6 rings (SSSR count). The van der Waals surface area contributed by atoms with Crippen LogP contribution in [0, 0.1) is 29.6 Å². The maximum Gasteiger partial charge on any atom is 0.306 e. The Labute approximate surface area is 208 Å². The Balaban J connectivity index is 1.13. The molecular weight excluding hydrogens is 498 g/mol. The van der Waals surface area contributed by atoms with Crippen molar-refractivity contribution in [2.45, 2.75) is 71.8 Å². The van der Waals surface area contributed by atoms with Crippen LogP contribution in [-0.4, -0.2) is 18.4 Å². The van der Waals surface area contributed by atoms with Gasteiger partial charge in [0.05, 0.1) is 17.9 Å². The van der Waals surface area contributed by atoms with Gasteiger partial charge in [-0.25, -0.2) is 0 Å². The van der Waals surface area contributed by atoms with E-state index in [0.717, 1.165) is 22.0 Å². The van der Waals surface area contributed by atoms with Crippen molar-refractivity contribution >= 4 is 39.0 Å². The Kier molecular flexibility index (Phi) is 6.28. The summed E-state index contributed by atoms with van der Waals surface area (Å²) in [7, 11) is 0. The molecule has 0 saturated heterocycles. The van der Waals surface area contributed by atoms with E-state index in [-0.39, 0.29) is 17.2 Å². The number of Topliss-reactive ketones (excluding diaryl/α,β-unsaturated/α-hetero) is 1. The summed E-state index contributed by atoms with van der Waals surface area (Å²) in [4.78, 5) is 26.6. The maximum absolute atomic E-state index is 12.8. The zero-order valence-electron chi connectivity index (χ0n) is 19.6. The molecule has 1 aromatic carbocycles. The van der Waals surface area contributed by atoms with Gasteiger partial charge in [-0.1, -0.05) is 46.3 Å². The first-order valence-electron chi connectivity index (χ1n) is 12.1. The van der Waals surface area contributed by atoms with Crippen LogP contribution in [0.25, 0.3) is 0 Å². The summed E-state index contributed by atoms with van der Waals surface area (Å²) in [5.74, 6) is 1.73. The van der Waals surface area contributed by atoms with Crippen molar-refractivity contribution in [3.8, 4) is 0 Å². The summed E-state index contributed by atoms with van der Waals surface area (Å²) in [6.07, 6.45) is 9.07. The van der Waals surface area contributed by atoms with Crippen molar-refractivity contribution in [3.63, 3.8) is 0 Å². The molecule has 2 aromatic rings. The van der Waals surface area contributed by atoms with E-state index in [1.54, 1.807) is 11.3 Å². The number of aromatic nitrogens is 1. The number of ether oxygens (including phenoxy) is 1.